The van der Waals surface area contributed by atoms with Gasteiger partial charge in [0.2, 0.25) is 0 Å². The normalized spacial score (nSPS) is 15.5. The minimum Gasteiger partial charge on any atom is -0.503 e. The summed E-state index contributed by atoms with van der Waals surface area (Å²) in [6, 6.07) is 23.7. The Hall–Kier alpha value is -4.36. The van der Waals surface area contributed by atoms with Crippen LogP contribution in [0.5, 0.6) is 11.5 Å². The second-order valence-electron chi connectivity index (χ2n) is 9.26. The van der Waals surface area contributed by atoms with Crippen LogP contribution in [0, 0.1) is 0 Å². The molecule has 0 saturated heterocycles. The summed E-state index contributed by atoms with van der Waals surface area (Å²) < 4.78 is 11.6. The number of allylic oxidation sites excluding steroid dienone is 1. The molecule has 1 heterocycles. The summed E-state index contributed by atoms with van der Waals surface area (Å²) in [6.45, 7) is 1.25. The molecule has 0 bridgehead atoms. The van der Waals surface area contributed by atoms with Gasteiger partial charge in [-0.25, -0.2) is 0 Å². The molecule has 196 valence electrons. The van der Waals surface area contributed by atoms with E-state index in [1.54, 1.807) is 31.4 Å². The second kappa shape index (κ2) is 12.3. The first-order valence-corrected chi connectivity index (χ1v) is 12.4. The number of hydrogen-bond acceptors (Lipinski definition) is 6. The third kappa shape index (κ3) is 6.12. The zero-order chi connectivity index (χ0) is 27.1. The molecule has 7 heteroatoms. The van der Waals surface area contributed by atoms with E-state index in [1.807, 2.05) is 79.7 Å². The van der Waals surface area contributed by atoms with Crippen molar-refractivity contribution in [3.8, 4) is 11.5 Å². The van der Waals surface area contributed by atoms with Crippen molar-refractivity contribution in [1.29, 1.82) is 0 Å². The number of aliphatic hydroxyl groups is 1. The molecule has 0 aliphatic carbocycles. The van der Waals surface area contributed by atoms with Crippen molar-refractivity contribution in [2.24, 2.45) is 0 Å². The van der Waals surface area contributed by atoms with Crippen LogP contribution in [0.25, 0.3) is 6.08 Å². The Balaban J connectivity index is 1.67. The zero-order valence-electron chi connectivity index (χ0n) is 21.8. The fourth-order valence-electron chi connectivity index (χ4n) is 4.32. The lowest BCUT2D eigenvalue weighted by Gasteiger charge is -2.28. The first kappa shape index (κ1) is 26.7. The van der Waals surface area contributed by atoms with Crippen LogP contribution in [0.3, 0.4) is 0 Å². The second-order valence-corrected chi connectivity index (χ2v) is 9.26. The van der Waals surface area contributed by atoms with E-state index >= 15 is 0 Å². The highest BCUT2D eigenvalue weighted by molar-refractivity contribution is 6.14. The molecule has 0 radical (unpaired) electrons. The Morgan fingerprint density at radius 2 is 1.68 bits per heavy atom. The Morgan fingerprint density at radius 1 is 1.00 bits per heavy atom. The summed E-state index contributed by atoms with van der Waals surface area (Å²) in [4.78, 5) is 30.0. The van der Waals surface area contributed by atoms with Crippen molar-refractivity contribution in [3.05, 3.63) is 113 Å². The number of ether oxygens (including phenoxy) is 2. The molecule has 1 atom stereocenters. The van der Waals surface area contributed by atoms with Crippen LogP contribution in [0.2, 0.25) is 0 Å². The third-order valence-corrected chi connectivity index (χ3v) is 6.32. The van der Waals surface area contributed by atoms with E-state index in [2.05, 4.69) is 0 Å². The van der Waals surface area contributed by atoms with E-state index in [0.29, 0.717) is 36.8 Å². The lowest BCUT2D eigenvalue weighted by molar-refractivity contribution is -0.129. The number of amides is 1. The Labute approximate surface area is 223 Å². The van der Waals surface area contributed by atoms with Gasteiger partial charge in [-0.05, 0) is 49.0 Å². The molecule has 1 amide bonds. The minimum atomic E-state index is -0.771. The molecule has 0 spiro atoms. The number of benzene rings is 3. The first-order valence-electron chi connectivity index (χ1n) is 12.4. The van der Waals surface area contributed by atoms with Crippen molar-refractivity contribution in [1.82, 2.24) is 9.80 Å². The highest BCUT2D eigenvalue weighted by atomic mass is 16.5. The smallest absolute Gasteiger partial charge is 0.290 e. The van der Waals surface area contributed by atoms with Gasteiger partial charge in [0, 0.05) is 13.1 Å². The number of rotatable bonds is 11. The van der Waals surface area contributed by atoms with Crippen molar-refractivity contribution in [2.75, 3.05) is 34.3 Å². The molecule has 7 nitrogen and oxygen atoms in total. The van der Waals surface area contributed by atoms with Gasteiger partial charge in [-0.15, -0.1) is 0 Å². The Morgan fingerprint density at radius 3 is 2.34 bits per heavy atom. The van der Waals surface area contributed by atoms with Gasteiger partial charge in [-0.2, -0.15) is 0 Å². The highest BCUT2D eigenvalue weighted by Gasteiger charge is 2.43. The lowest BCUT2D eigenvalue weighted by Crippen LogP contribution is -2.36. The van der Waals surface area contributed by atoms with Gasteiger partial charge < -0.3 is 24.4 Å². The van der Waals surface area contributed by atoms with Gasteiger partial charge in [0.05, 0.1) is 18.7 Å². The number of carbonyl (C=O) groups excluding carboxylic acids is 2. The summed E-state index contributed by atoms with van der Waals surface area (Å²) in [6.07, 6.45) is 3.07. The van der Waals surface area contributed by atoms with Crippen LogP contribution in [-0.4, -0.2) is 60.9 Å². The van der Waals surface area contributed by atoms with E-state index in [4.69, 9.17) is 9.47 Å². The average Bonchev–Trinajstić information content (AvgIpc) is 3.19. The van der Waals surface area contributed by atoms with Gasteiger partial charge in [0.25, 0.3) is 5.91 Å². The maximum absolute atomic E-state index is 13.4. The van der Waals surface area contributed by atoms with Gasteiger partial charge >= 0.3 is 0 Å². The summed E-state index contributed by atoms with van der Waals surface area (Å²) in [5.74, 6) is -0.525. The molecule has 0 saturated carbocycles. The summed E-state index contributed by atoms with van der Waals surface area (Å²) in [5, 5.41) is 10.8. The summed E-state index contributed by atoms with van der Waals surface area (Å²) in [5.41, 5.74) is 2.54. The predicted octanol–water partition coefficient (Wildman–Crippen LogP) is 4.81. The maximum Gasteiger partial charge on any atom is 0.290 e. The van der Waals surface area contributed by atoms with E-state index in [9.17, 15) is 14.7 Å². The minimum absolute atomic E-state index is 0.0425. The molecule has 1 aliphatic rings. The van der Waals surface area contributed by atoms with Gasteiger partial charge in [0.1, 0.15) is 6.61 Å². The largest absolute Gasteiger partial charge is 0.503 e. The first-order chi connectivity index (χ1) is 18.4. The molecular weight excluding hydrogens is 480 g/mol. The monoisotopic (exact) mass is 512 g/mol. The van der Waals surface area contributed by atoms with Crippen molar-refractivity contribution < 1.29 is 24.2 Å². The van der Waals surface area contributed by atoms with Gasteiger partial charge in [-0.1, -0.05) is 72.8 Å². The van der Waals surface area contributed by atoms with Crippen molar-refractivity contribution in [2.45, 2.75) is 12.6 Å². The van der Waals surface area contributed by atoms with Crippen molar-refractivity contribution >= 4 is 17.8 Å². The number of methoxy groups -OCH3 is 1. The van der Waals surface area contributed by atoms with E-state index in [1.165, 1.54) is 11.0 Å². The third-order valence-electron chi connectivity index (χ3n) is 6.32. The van der Waals surface area contributed by atoms with Crippen LogP contribution in [0.15, 0.2) is 96.3 Å². The number of carbonyl (C=O) groups is 2. The number of nitrogens with zero attached hydrogens (tertiary/aromatic N) is 2. The molecule has 3 aromatic carbocycles. The topological polar surface area (TPSA) is 79.3 Å². The quantitative estimate of drug-likeness (QED) is 0.372. The molecule has 3 aromatic rings. The lowest BCUT2D eigenvalue weighted by atomic mass is 9.95. The SMILES string of the molecule is COc1cc(C2C(C(=O)C=Cc3ccccc3)=C(O)C(=O)N2CCN(C)C)ccc1OCc1ccccc1. The summed E-state index contributed by atoms with van der Waals surface area (Å²) >= 11 is 0. The number of ketones is 1. The van der Waals surface area contributed by atoms with Crippen LogP contribution in [0.4, 0.5) is 0 Å². The standard InChI is InChI=1S/C31H32N2O5/c1-32(2)18-19-33-29(28(30(35)31(33)36)25(34)16-14-22-10-6-4-7-11-22)24-15-17-26(27(20-24)37-3)38-21-23-12-8-5-9-13-23/h4-17,20,29,35H,18-19,21H2,1-3H3. The van der Waals surface area contributed by atoms with E-state index < -0.39 is 23.5 Å². The van der Waals surface area contributed by atoms with Crippen LogP contribution in [0.1, 0.15) is 22.7 Å². The summed E-state index contributed by atoms with van der Waals surface area (Å²) in [7, 11) is 5.35. The van der Waals surface area contributed by atoms with Crippen LogP contribution in [-0.2, 0) is 16.2 Å². The molecule has 1 aliphatic heterocycles. The Kier molecular flexibility index (Phi) is 8.61. The van der Waals surface area contributed by atoms with Crippen molar-refractivity contribution in [3.63, 3.8) is 0 Å². The maximum atomic E-state index is 13.4. The van der Waals surface area contributed by atoms with E-state index in [0.717, 1.165) is 11.1 Å². The van der Waals surface area contributed by atoms with Gasteiger partial charge in [-0.3, -0.25) is 9.59 Å². The highest BCUT2D eigenvalue weighted by Crippen LogP contribution is 2.41. The van der Waals surface area contributed by atoms with E-state index in [-0.39, 0.29) is 5.57 Å². The number of hydrogen-bond donors (Lipinski definition) is 1. The fourth-order valence-corrected chi connectivity index (χ4v) is 4.32. The van der Waals surface area contributed by atoms with Gasteiger partial charge in [0.15, 0.2) is 23.0 Å². The molecule has 38 heavy (non-hydrogen) atoms. The number of aliphatic hydroxyl groups excluding tert-OH is 1. The molecule has 0 fully saturated rings. The predicted molar refractivity (Wildman–Crippen MR) is 147 cm³/mol. The molecule has 4 rings (SSSR count). The molecule has 0 aromatic heterocycles. The average molecular weight is 513 g/mol. The zero-order valence-corrected chi connectivity index (χ0v) is 21.8. The molecule has 1 N–H and O–H groups in total. The van der Waals surface area contributed by atoms with Crippen LogP contribution < -0.4 is 9.47 Å². The van der Waals surface area contributed by atoms with Crippen LogP contribution >= 0.6 is 0 Å². The Bertz CT molecular complexity index is 1330. The fraction of sp³-hybridized carbons (Fsp3) is 0.226. The number of likely N-dealkylation sites (N-methyl/N-ethyl adjacent to an activating group) is 1. The molecular formula is C31H32N2O5. The molecule has 1 unspecified atom stereocenters.